The zero-order valence-corrected chi connectivity index (χ0v) is 18.0. The van der Waals surface area contributed by atoms with E-state index >= 15 is 0 Å². The van der Waals surface area contributed by atoms with Crippen LogP contribution in [-0.2, 0) is 30.3 Å². The number of carbonyl (C=O) groups excluding carboxylic acids is 4. The van der Waals surface area contributed by atoms with Crippen molar-refractivity contribution in [1.82, 2.24) is 4.90 Å². The molecule has 8 nitrogen and oxygen atoms in total. The third-order valence-electron chi connectivity index (χ3n) is 4.65. The van der Waals surface area contributed by atoms with Crippen LogP contribution in [-0.4, -0.2) is 55.0 Å². The van der Waals surface area contributed by atoms with Crippen LogP contribution in [0.5, 0.6) is 0 Å². The summed E-state index contributed by atoms with van der Waals surface area (Å²) >= 11 is 1.31. The molecule has 0 bridgehead atoms. The van der Waals surface area contributed by atoms with Gasteiger partial charge in [0, 0.05) is 17.8 Å². The fourth-order valence-electron chi connectivity index (χ4n) is 3.15. The molecular formula is C20H28N2O6S. The van der Waals surface area contributed by atoms with Gasteiger partial charge in [-0.25, -0.2) is 4.79 Å². The topological polar surface area (TPSA) is 102 Å². The molecule has 1 fully saturated rings. The second kappa shape index (κ2) is 10.9. The molecule has 0 aliphatic carbocycles. The highest BCUT2D eigenvalue weighted by Gasteiger charge is 2.24. The molecule has 0 atom stereocenters. The van der Waals surface area contributed by atoms with Crippen molar-refractivity contribution >= 4 is 40.1 Å². The number of nitrogens with zero attached hydrogens (tertiary/aromatic N) is 1. The Labute approximate surface area is 174 Å². The molecule has 160 valence electrons. The van der Waals surface area contributed by atoms with E-state index in [1.807, 2.05) is 13.8 Å². The number of esters is 2. The molecule has 0 saturated carbocycles. The van der Waals surface area contributed by atoms with Gasteiger partial charge < -0.3 is 19.7 Å². The molecule has 1 aliphatic heterocycles. The van der Waals surface area contributed by atoms with E-state index in [9.17, 15) is 19.2 Å². The Morgan fingerprint density at radius 2 is 1.90 bits per heavy atom. The Morgan fingerprint density at radius 1 is 1.14 bits per heavy atom. The number of rotatable bonds is 8. The predicted molar refractivity (Wildman–Crippen MR) is 109 cm³/mol. The molecule has 2 rings (SSSR count). The summed E-state index contributed by atoms with van der Waals surface area (Å²) in [6, 6.07) is 0. The minimum Gasteiger partial charge on any atom is -0.462 e. The van der Waals surface area contributed by atoms with Gasteiger partial charge in [-0.2, -0.15) is 0 Å². The Hall–Kier alpha value is -2.42. The molecule has 29 heavy (non-hydrogen) atoms. The van der Waals surface area contributed by atoms with Gasteiger partial charge in [-0.05, 0) is 38.7 Å². The number of anilines is 1. The summed E-state index contributed by atoms with van der Waals surface area (Å²) in [7, 11) is 0. The lowest BCUT2D eigenvalue weighted by Gasteiger charge is -2.19. The van der Waals surface area contributed by atoms with E-state index < -0.39 is 24.5 Å². The van der Waals surface area contributed by atoms with Crippen LogP contribution in [0.4, 0.5) is 5.00 Å². The van der Waals surface area contributed by atoms with E-state index in [2.05, 4.69) is 5.32 Å². The van der Waals surface area contributed by atoms with Gasteiger partial charge in [0.15, 0.2) is 6.61 Å². The highest BCUT2D eigenvalue weighted by atomic mass is 32.1. The first kappa shape index (κ1) is 22.9. The zero-order valence-electron chi connectivity index (χ0n) is 17.2. The molecule has 0 spiro atoms. The van der Waals surface area contributed by atoms with Gasteiger partial charge in [0.1, 0.15) is 11.5 Å². The van der Waals surface area contributed by atoms with Crippen molar-refractivity contribution in [2.75, 3.05) is 31.6 Å². The average molecular weight is 425 g/mol. The van der Waals surface area contributed by atoms with Crippen molar-refractivity contribution in [3.63, 3.8) is 0 Å². The van der Waals surface area contributed by atoms with Crippen LogP contribution < -0.4 is 5.32 Å². The van der Waals surface area contributed by atoms with Crippen molar-refractivity contribution in [3.8, 4) is 0 Å². The molecular weight excluding hydrogens is 396 g/mol. The molecule has 0 unspecified atom stereocenters. The number of carbonyl (C=O) groups is 4. The van der Waals surface area contributed by atoms with Crippen molar-refractivity contribution in [2.45, 2.75) is 52.9 Å². The van der Waals surface area contributed by atoms with Gasteiger partial charge in [0.05, 0.1) is 12.2 Å². The van der Waals surface area contributed by atoms with E-state index in [1.165, 1.54) is 16.2 Å². The molecule has 0 aromatic carbocycles. The van der Waals surface area contributed by atoms with Crippen LogP contribution in [0.3, 0.4) is 0 Å². The summed E-state index contributed by atoms with van der Waals surface area (Å²) < 4.78 is 10.1. The van der Waals surface area contributed by atoms with E-state index in [0.717, 1.165) is 36.1 Å². The van der Waals surface area contributed by atoms with Crippen molar-refractivity contribution in [2.24, 2.45) is 0 Å². The first-order chi connectivity index (χ1) is 13.9. The average Bonchev–Trinajstić information content (AvgIpc) is 2.85. The van der Waals surface area contributed by atoms with Crippen LogP contribution in [0, 0.1) is 6.92 Å². The number of amides is 2. The normalized spacial score (nSPS) is 14.3. The molecule has 2 amide bonds. The summed E-state index contributed by atoms with van der Waals surface area (Å²) in [6.07, 6.45) is 3.80. The summed E-state index contributed by atoms with van der Waals surface area (Å²) in [6.45, 7) is 5.61. The number of hydrogen-bond acceptors (Lipinski definition) is 7. The molecule has 9 heteroatoms. The van der Waals surface area contributed by atoms with Gasteiger partial charge in [0.2, 0.25) is 5.91 Å². The first-order valence-corrected chi connectivity index (χ1v) is 10.7. The van der Waals surface area contributed by atoms with Crippen molar-refractivity contribution in [3.05, 3.63) is 16.0 Å². The van der Waals surface area contributed by atoms with Gasteiger partial charge in [0.25, 0.3) is 5.91 Å². The number of nitrogens with one attached hydrogen (secondary N) is 1. The van der Waals surface area contributed by atoms with Crippen LogP contribution in [0.1, 0.15) is 60.3 Å². The van der Waals surface area contributed by atoms with E-state index in [0.29, 0.717) is 23.5 Å². The number of thiophene rings is 1. The monoisotopic (exact) mass is 424 g/mol. The van der Waals surface area contributed by atoms with E-state index in [4.69, 9.17) is 9.47 Å². The second-order valence-electron chi connectivity index (χ2n) is 6.76. The summed E-state index contributed by atoms with van der Waals surface area (Å²) in [5.41, 5.74) is 1.12. The van der Waals surface area contributed by atoms with Crippen molar-refractivity contribution < 1.29 is 28.7 Å². The highest BCUT2D eigenvalue weighted by Crippen LogP contribution is 2.34. The third kappa shape index (κ3) is 6.28. The Balaban J connectivity index is 1.94. The van der Waals surface area contributed by atoms with Gasteiger partial charge >= 0.3 is 11.9 Å². The summed E-state index contributed by atoms with van der Waals surface area (Å²) in [4.78, 5) is 50.9. The maximum atomic E-state index is 12.3. The molecule has 1 aliphatic rings. The summed E-state index contributed by atoms with van der Waals surface area (Å²) in [5, 5.41) is 3.03. The molecule has 0 radical (unpaired) electrons. The van der Waals surface area contributed by atoms with Crippen LogP contribution in [0.25, 0.3) is 0 Å². The Morgan fingerprint density at radius 3 is 2.59 bits per heavy atom. The SMILES string of the molecule is CCOC(=O)c1c(NC(=O)COC(=O)CN2CCCCCC2=O)sc(CC)c1C. The van der Waals surface area contributed by atoms with Gasteiger partial charge in [-0.15, -0.1) is 11.3 Å². The first-order valence-electron chi connectivity index (χ1n) is 9.89. The van der Waals surface area contributed by atoms with Crippen molar-refractivity contribution in [1.29, 1.82) is 0 Å². The predicted octanol–water partition coefficient (Wildman–Crippen LogP) is 2.68. The zero-order chi connectivity index (χ0) is 21.4. The lowest BCUT2D eigenvalue weighted by Crippen LogP contribution is -2.36. The van der Waals surface area contributed by atoms with Crippen LogP contribution in [0.2, 0.25) is 0 Å². The summed E-state index contributed by atoms with van der Waals surface area (Å²) in [5.74, 6) is -1.73. The van der Waals surface area contributed by atoms with Gasteiger partial charge in [-0.3, -0.25) is 14.4 Å². The Bertz CT molecular complexity index is 773. The van der Waals surface area contributed by atoms with E-state index in [1.54, 1.807) is 6.92 Å². The number of hydrogen-bond donors (Lipinski definition) is 1. The lowest BCUT2D eigenvalue weighted by atomic mass is 10.1. The van der Waals surface area contributed by atoms with Crippen LogP contribution >= 0.6 is 11.3 Å². The lowest BCUT2D eigenvalue weighted by molar-refractivity contribution is -0.151. The Kier molecular flexibility index (Phi) is 8.63. The molecule has 1 saturated heterocycles. The fourth-order valence-corrected chi connectivity index (χ4v) is 4.30. The maximum absolute atomic E-state index is 12.3. The van der Waals surface area contributed by atoms with E-state index in [-0.39, 0.29) is 19.1 Å². The van der Waals surface area contributed by atoms with Gasteiger partial charge in [-0.1, -0.05) is 13.3 Å². The smallest absolute Gasteiger partial charge is 0.341 e. The standard InChI is InChI=1S/C20H28N2O6S/c1-4-14-13(3)18(20(26)27-5-2)19(29-14)21-15(23)12-28-17(25)11-22-10-8-6-7-9-16(22)24/h4-12H2,1-3H3,(H,21,23). The molecule has 2 heterocycles. The molecule has 1 aromatic rings. The molecule has 1 N–H and O–H groups in total. The molecule has 1 aromatic heterocycles. The number of aryl methyl sites for hydroxylation is 1. The number of likely N-dealkylation sites (tertiary alicyclic amines) is 1. The minimum absolute atomic E-state index is 0.0656. The largest absolute Gasteiger partial charge is 0.462 e. The maximum Gasteiger partial charge on any atom is 0.341 e. The third-order valence-corrected chi connectivity index (χ3v) is 6.01. The quantitative estimate of drug-likeness (QED) is 0.644. The second-order valence-corrected chi connectivity index (χ2v) is 7.87. The minimum atomic E-state index is -0.627. The van der Waals surface area contributed by atoms with Crippen LogP contribution in [0.15, 0.2) is 0 Å². The fraction of sp³-hybridized carbons (Fsp3) is 0.600. The number of ether oxygens (including phenoxy) is 2. The highest BCUT2D eigenvalue weighted by molar-refractivity contribution is 7.17.